The lowest BCUT2D eigenvalue weighted by Crippen LogP contribution is -2.32. The Kier molecular flexibility index (Phi) is 3.89. The number of ether oxygens (including phenoxy) is 2. The number of hydrogen-bond acceptors (Lipinski definition) is 7. The quantitative estimate of drug-likeness (QED) is 0.799. The lowest BCUT2D eigenvalue weighted by Gasteiger charge is -2.17. The summed E-state index contributed by atoms with van der Waals surface area (Å²) in [5, 5.41) is 11.1. The normalized spacial score (nSPS) is 22.4. The number of halogens is 1. The number of fused-ring (bicyclic) bond motifs is 3. The van der Waals surface area contributed by atoms with Crippen molar-refractivity contribution >= 4 is 23.9 Å². The van der Waals surface area contributed by atoms with E-state index in [1.54, 1.807) is 12.3 Å². The molecule has 1 aromatic carbocycles. The topological polar surface area (TPSA) is 132 Å². The summed E-state index contributed by atoms with van der Waals surface area (Å²) in [6, 6.07) is 3.06. The molecule has 3 N–H and O–H groups in total. The van der Waals surface area contributed by atoms with Gasteiger partial charge in [-0.3, -0.25) is 14.8 Å². The molecule has 0 spiro atoms. The second-order valence-corrected chi connectivity index (χ2v) is 6.84. The van der Waals surface area contributed by atoms with E-state index in [0.717, 1.165) is 16.2 Å². The fourth-order valence-electron chi connectivity index (χ4n) is 3.73. The van der Waals surface area contributed by atoms with Gasteiger partial charge in [0, 0.05) is 30.2 Å². The van der Waals surface area contributed by atoms with Crippen LogP contribution in [-0.2, 0) is 20.8 Å². The molecule has 3 aliphatic rings. The van der Waals surface area contributed by atoms with Gasteiger partial charge < -0.3 is 20.0 Å². The highest BCUT2D eigenvalue weighted by Gasteiger charge is 2.38. The van der Waals surface area contributed by atoms with Gasteiger partial charge in [-0.05, 0) is 12.1 Å². The Labute approximate surface area is 163 Å². The number of oxime groups is 1. The van der Waals surface area contributed by atoms with E-state index in [0.29, 0.717) is 24.1 Å². The number of aromatic nitrogens is 2. The standard InChI is InChI=1S/C18H16FN5O5/c19-13-10(24-7-12(17(20)25)28-18(24)26)2-1-9-14-8(4-6-27-16(9)13)15(23-22-14)11-3-5-21-29-11/h1-2,5,11-12H,3-4,6-7H2,(H2,20,25)(H,22,23)/t11?,12-/m1/s1. The monoisotopic (exact) mass is 401 g/mol. The number of nitrogens with one attached hydrogen (secondary N) is 1. The molecule has 1 saturated heterocycles. The SMILES string of the molecule is NC(=O)[C@H]1CN(c2ccc3c(c2F)OCCc2c-3n[nH]c2C2CC=NO2)C(=O)O1. The number of carbonyl (C=O) groups is 2. The van der Waals surface area contributed by atoms with Crippen molar-refractivity contribution in [3.8, 4) is 17.0 Å². The molecule has 29 heavy (non-hydrogen) atoms. The number of anilines is 1. The van der Waals surface area contributed by atoms with Gasteiger partial charge in [-0.2, -0.15) is 5.10 Å². The van der Waals surface area contributed by atoms with Crippen LogP contribution in [0.4, 0.5) is 14.9 Å². The van der Waals surface area contributed by atoms with Gasteiger partial charge in [0.25, 0.3) is 5.91 Å². The predicted molar refractivity (Wildman–Crippen MR) is 96.9 cm³/mol. The van der Waals surface area contributed by atoms with Crippen molar-refractivity contribution < 1.29 is 28.3 Å². The Bertz CT molecular complexity index is 1040. The van der Waals surface area contributed by atoms with Gasteiger partial charge in [0.1, 0.15) is 0 Å². The molecule has 0 saturated carbocycles. The average molecular weight is 401 g/mol. The summed E-state index contributed by atoms with van der Waals surface area (Å²) in [5.74, 6) is -1.54. The number of amides is 2. The fourth-order valence-corrected chi connectivity index (χ4v) is 3.73. The van der Waals surface area contributed by atoms with E-state index >= 15 is 4.39 Å². The van der Waals surface area contributed by atoms with Crippen LogP contribution < -0.4 is 15.4 Å². The molecule has 2 atom stereocenters. The van der Waals surface area contributed by atoms with Crippen LogP contribution in [0.1, 0.15) is 23.8 Å². The van der Waals surface area contributed by atoms with Crippen LogP contribution in [0.5, 0.6) is 5.75 Å². The van der Waals surface area contributed by atoms with Crippen molar-refractivity contribution in [1.82, 2.24) is 10.2 Å². The van der Waals surface area contributed by atoms with Gasteiger partial charge in [0.2, 0.25) is 0 Å². The molecule has 1 unspecified atom stereocenters. The zero-order valence-electron chi connectivity index (χ0n) is 15.1. The van der Waals surface area contributed by atoms with Gasteiger partial charge in [0.05, 0.1) is 30.2 Å². The van der Waals surface area contributed by atoms with Crippen LogP contribution in [0.15, 0.2) is 17.3 Å². The lowest BCUT2D eigenvalue weighted by atomic mass is 10.00. The molecule has 0 aliphatic carbocycles. The molecule has 0 radical (unpaired) electrons. The molecule has 3 aliphatic heterocycles. The molecular weight excluding hydrogens is 385 g/mol. The Morgan fingerprint density at radius 1 is 1.38 bits per heavy atom. The first-order valence-corrected chi connectivity index (χ1v) is 9.02. The highest BCUT2D eigenvalue weighted by atomic mass is 19.1. The van der Waals surface area contributed by atoms with E-state index in [1.807, 2.05) is 0 Å². The molecular formula is C18H16FN5O5. The first kappa shape index (κ1) is 17.5. The van der Waals surface area contributed by atoms with Crippen molar-refractivity contribution in [2.45, 2.75) is 25.0 Å². The molecule has 1 aromatic heterocycles. The van der Waals surface area contributed by atoms with E-state index in [1.165, 1.54) is 6.07 Å². The van der Waals surface area contributed by atoms with E-state index in [9.17, 15) is 9.59 Å². The Morgan fingerprint density at radius 2 is 2.24 bits per heavy atom. The second kappa shape index (κ2) is 6.47. The summed E-state index contributed by atoms with van der Waals surface area (Å²) >= 11 is 0. The van der Waals surface area contributed by atoms with Crippen molar-refractivity contribution in [2.75, 3.05) is 18.1 Å². The number of hydrogen-bond donors (Lipinski definition) is 2. The molecule has 11 heteroatoms. The van der Waals surface area contributed by atoms with Gasteiger partial charge in [-0.25, -0.2) is 9.18 Å². The third kappa shape index (κ3) is 2.69. The molecule has 10 nitrogen and oxygen atoms in total. The van der Waals surface area contributed by atoms with Crippen LogP contribution in [0, 0.1) is 5.82 Å². The number of aromatic amines is 1. The molecule has 2 aromatic rings. The lowest BCUT2D eigenvalue weighted by molar-refractivity contribution is -0.124. The number of benzene rings is 1. The summed E-state index contributed by atoms with van der Waals surface area (Å²) in [7, 11) is 0. The number of rotatable bonds is 3. The third-order valence-electron chi connectivity index (χ3n) is 5.15. The maximum atomic E-state index is 15.3. The maximum absolute atomic E-state index is 15.3. The minimum absolute atomic E-state index is 0.0155. The van der Waals surface area contributed by atoms with Crippen LogP contribution in [-0.4, -0.2) is 47.7 Å². The number of carbonyl (C=O) groups excluding carboxylic acids is 2. The minimum atomic E-state index is -1.13. The van der Waals surface area contributed by atoms with E-state index < -0.39 is 23.9 Å². The number of primary amides is 1. The first-order chi connectivity index (χ1) is 14.0. The molecule has 2 amide bonds. The van der Waals surface area contributed by atoms with Crippen molar-refractivity contribution in [2.24, 2.45) is 10.9 Å². The van der Waals surface area contributed by atoms with Gasteiger partial charge in [-0.15, -0.1) is 0 Å². The van der Waals surface area contributed by atoms with Crippen molar-refractivity contribution in [3.63, 3.8) is 0 Å². The van der Waals surface area contributed by atoms with Crippen LogP contribution in [0.25, 0.3) is 11.3 Å². The van der Waals surface area contributed by atoms with Gasteiger partial charge in [-0.1, -0.05) is 5.16 Å². The minimum Gasteiger partial charge on any atom is -0.489 e. The average Bonchev–Trinajstić information content (AvgIpc) is 3.41. The van der Waals surface area contributed by atoms with E-state index in [2.05, 4.69) is 15.4 Å². The first-order valence-electron chi connectivity index (χ1n) is 9.02. The van der Waals surface area contributed by atoms with Gasteiger partial charge >= 0.3 is 6.09 Å². The Balaban J connectivity index is 1.54. The van der Waals surface area contributed by atoms with E-state index in [4.69, 9.17) is 20.0 Å². The van der Waals surface area contributed by atoms with E-state index in [-0.39, 0.29) is 30.7 Å². The molecule has 4 heterocycles. The van der Waals surface area contributed by atoms with Gasteiger partial charge in [0.15, 0.2) is 23.8 Å². The molecule has 1 fully saturated rings. The second-order valence-electron chi connectivity index (χ2n) is 6.84. The Morgan fingerprint density at radius 3 is 2.97 bits per heavy atom. The zero-order valence-corrected chi connectivity index (χ0v) is 15.1. The largest absolute Gasteiger partial charge is 0.489 e. The number of cyclic esters (lactones) is 1. The number of H-pyrrole nitrogens is 1. The maximum Gasteiger partial charge on any atom is 0.415 e. The highest BCUT2D eigenvalue weighted by Crippen LogP contribution is 2.42. The Hall–Kier alpha value is -3.63. The summed E-state index contributed by atoms with van der Waals surface area (Å²) in [6.07, 6.45) is 0.563. The molecule has 150 valence electrons. The summed E-state index contributed by atoms with van der Waals surface area (Å²) in [5.41, 5.74) is 7.81. The van der Waals surface area contributed by atoms with Crippen molar-refractivity contribution in [3.05, 3.63) is 29.2 Å². The number of nitrogens with zero attached hydrogens (tertiary/aromatic N) is 3. The molecule has 5 rings (SSSR count). The predicted octanol–water partition coefficient (Wildman–Crippen LogP) is 1.41. The summed E-state index contributed by atoms with van der Waals surface area (Å²) in [4.78, 5) is 29.7. The van der Waals surface area contributed by atoms with Crippen LogP contribution >= 0.6 is 0 Å². The van der Waals surface area contributed by atoms with Crippen LogP contribution in [0.3, 0.4) is 0 Å². The fraction of sp³-hybridized carbons (Fsp3) is 0.333. The summed E-state index contributed by atoms with van der Waals surface area (Å²) in [6.45, 7) is 0.0511. The van der Waals surface area contributed by atoms with Crippen molar-refractivity contribution in [1.29, 1.82) is 0 Å². The molecule has 0 bridgehead atoms. The smallest absolute Gasteiger partial charge is 0.415 e. The summed E-state index contributed by atoms with van der Waals surface area (Å²) < 4.78 is 25.9. The number of nitrogens with two attached hydrogens (primary N) is 1. The highest BCUT2D eigenvalue weighted by molar-refractivity contribution is 5.96. The zero-order chi connectivity index (χ0) is 20.1. The van der Waals surface area contributed by atoms with Crippen LogP contribution in [0.2, 0.25) is 0 Å². The third-order valence-corrected chi connectivity index (χ3v) is 5.15.